The van der Waals surface area contributed by atoms with Gasteiger partial charge < -0.3 is 4.74 Å². The van der Waals surface area contributed by atoms with Crippen LogP contribution in [0.25, 0.3) is 0 Å². The summed E-state index contributed by atoms with van der Waals surface area (Å²) in [4.78, 5) is 28.5. The SMILES string of the molecule is CCN(CC)C(=O)[N+](C(=N)OC)(C(=O)NSc1ccc(C#N)cc1)C(C)C. The van der Waals surface area contributed by atoms with E-state index in [-0.39, 0.29) is 0 Å². The second-order valence-electron chi connectivity index (χ2n) is 5.93. The van der Waals surface area contributed by atoms with Gasteiger partial charge in [0, 0.05) is 18.0 Å². The average molecular weight is 393 g/mol. The maximum atomic E-state index is 13.2. The van der Waals surface area contributed by atoms with Crippen LogP contribution < -0.4 is 4.72 Å². The number of imide groups is 1. The number of quaternary nitrogens is 1. The van der Waals surface area contributed by atoms with E-state index in [0.717, 1.165) is 11.9 Å². The maximum absolute atomic E-state index is 13.2. The van der Waals surface area contributed by atoms with Crippen LogP contribution in [0.15, 0.2) is 29.2 Å². The van der Waals surface area contributed by atoms with Crippen LogP contribution in [0.4, 0.5) is 9.59 Å². The third kappa shape index (κ3) is 4.59. The predicted octanol–water partition coefficient (Wildman–Crippen LogP) is 3.54. The number of nitrogens with zero attached hydrogens (tertiary/aromatic N) is 3. The number of amidine groups is 1. The van der Waals surface area contributed by atoms with Gasteiger partial charge in [0.05, 0.1) is 18.7 Å². The molecular weight excluding hydrogens is 366 g/mol. The van der Waals surface area contributed by atoms with E-state index < -0.39 is 28.6 Å². The summed E-state index contributed by atoms with van der Waals surface area (Å²) in [5.41, 5.74) is 0.510. The highest BCUT2D eigenvalue weighted by atomic mass is 32.2. The molecule has 4 amide bonds. The normalized spacial score (nSPS) is 12.6. The van der Waals surface area contributed by atoms with Crippen molar-refractivity contribution in [2.45, 2.75) is 38.6 Å². The number of ether oxygens (including phenoxy) is 1. The molecule has 0 aliphatic rings. The van der Waals surface area contributed by atoms with Gasteiger partial charge in [0.2, 0.25) is 0 Å². The monoisotopic (exact) mass is 392 g/mol. The standard InChI is InChI=1S/C18H25N5O3S/c1-6-22(7-2)18(25)23(13(3)4,16(20)26-5)17(24)21-27-15-10-8-14(12-19)9-11-15/h8-11,13,20H,6-7H2,1-5H3/p+1. The number of carbonyl (C=O) groups is 2. The van der Waals surface area contributed by atoms with Crippen LogP contribution in [0.1, 0.15) is 33.3 Å². The largest absolute Gasteiger partial charge is 0.445 e. The zero-order chi connectivity index (χ0) is 20.6. The highest BCUT2D eigenvalue weighted by Gasteiger charge is 2.56. The molecule has 1 aromatic carbocycles. The minimum atomic E-state index is -0.901. The van der Waals surface area contributed by atoms with E-state index in [9.17, 15) is 9.59 Å². The van der Waals surface area contributed by atoms with Gasteiger partial charge in [0.15, 0.2) is 0 Å². The summed E-state index contributed by atoms with van der Waals surface area (Å²) in [6.07, 6.45) is 0. The van der Waals surface area contributed by atoms with Gasteiger partial charge >= 0.3 is 18.1 Å². The van der Waals surface area contributed by atoms with E-state index in [0.29, 0.717) is 23.5 Å². The predicted molar refractivity (Wildman–Crippen MR) is 104 cm³/mol. The highest BCUT2D eigenvalue weighted by molar-refractivity contribution is 7.98. The Kier molecular flexibility index (Phi) is 8.28. The number of hydrogen-bond acceptors (Lipinski definition) is 6. The lowest BCUT2D eigenvalue weighted by molar-refractivity contribution is -0.713. The quantitative estimate of drug-likeness (QED) is 0.345. The summed E-state index contributed by atoms with van der Waals surface area (Å²) in [7, 11) is 1.27. The first-order valence-electron chi connectivity index (χ1n) is 8.58. The van der Waals surface area contributed by atoms with Gasteiger partial charge in [0.1, 0.15) is 6.04 Å². The number of hydrogen-bond donors (Lipinski definition) is 2. The number of rotatable bonds is 5. The highest BCUT2D eigenvalue weighted by Crippen LogP contribution is 2.23. The van der Waals surface area contributed by atoms with Gasteiger partial charge in [-0.15, -0.1) is 0 Å². The summed E-state index contributed by atoms with van der Waals surface area (Å²) in [5, 5.41) is 17.1. The van der Waals surface area contributed by atoms with Crippen molar-refractivity contribution in [3.63, 3.8) is 0 Å². The van der Waals surface area contributed by atoms with Crippen LogP contribution in [-0.4, -0.2) is 53.7 Å². The first-order valence-corrected chi connectivity index (χ1v) is 9.39. The number of nitriles is 1. The summed E-state index contributed by atoms with van der Waals surface area (Å²) in [6.45, 7) is 7.85. The Morgan fingerprint density at radius 3 is 2.26 bits per heavy atom. The molecule has 9 heteroatoms. The van der Waals surface area contributed by atoms with E-state index in [2.05, 4.69) is 4.72 Å². The molecule has 0 saturated heterocycles. The average Bonchev–Trinajstić information content (AvgIpc) is 2.67. The zero-order valence-electron chi connectivity index (χ0n) is 16.3. The fourth-order valence-electron chi connectivity index (χ4n) is 2.59. The van der Waals surface area contributed by atoms with Crippen molar-refractivity contribution >= 4 is 30.0 Å². The second kappa shape index (κ2) is 9.94. The van der Waals surface area contributed by atoms with Gasteiger partial charge in [-0.2, -0.15) is 5.26 Å². The smallest absolute Gasteiger partial charge is 0.439 e. The third-order valence-corrected chi connectivity index (χ3v) is 4.97. The number of methoxy groups -OCH3 is 1. The van der Waals surface area contributed by atoms with Crippen molar-refractivity contribution in [3.05, 3.63) is 29.8 Å². The number of urea groups is 2. The van der Waals surface area contributed by atoms with Crippen molar-refractivity contribution in [2.24, 2.45) is 0 Å². The van der Waals surface area contributed by atoms with Gasteiger partial charge in [-0.25, -0.2) is 19.7 Å². The van der Waals surface area contributed by atoms with Gasteiger partial charge in [-0.1, -0.05) is 4.48 Å². The summed E-state index contributed by atoms with van der Waals surface area (Å²) >= 11 is 1.02. The van der Waals surface area contributed by atoms with Crippen molar-refractivity contribution < 1.29 is 18.8 Å². The van der Waals surface area contributed by atoms with E-state index in [4.69, 9.17) is 15.4 Å². The lowest BCUT2D eigenvalue weighted by atomic mass is 10.2. The lowest BCUT2D eigenvalue weighted by Gasteiger charge is -2.36. The Morgan fingerprint density at radius 2 is 1.85 bits per heavy atom. The molecule has 0 radical (unpaired) electrons. The maximum Gasteiger partial charge on any atom is 0.445 e. The molecule has 8 nitrogen and oxygen atoms in total. The Balaban J connectivity index is 3.20. The van der Waals surface area contributed by atoms with E-state index in [1.165, 1.54) is 12.0 Å². The molecule has 0 aromatic heterocycles. The zero-order valence-corrected chi connectivity index (χ0v) is 17.1. The van der Waals surface area contributed by atoms with Crippen LogP contribution >= 0.6 is 11.9 Å². The molecule has 0 fully saturated rings. The molecule has 0 aliphatic heterocycles. The molecule has 1 aromatic rings. The van der Waals surface area contributed by atoms with Gasteiger partial charge in [-0.3, -0.25) is 4.90 Å². The molecule has 0 aliphatic carbocycles. The minimum Gasteiger partial charge on any atom is -0.439 e. The lowest BCUT2D eigenvalue weighted by Crippen LogP contribution is -2.70. The van der Waals surface area contributed by atoms with Gasteiger partial charge in [-0.05, 0) is 63.9 Å². The van der Waals surface area contributed by atoms with E-state index in [1.807, 2.05) is 19.9 Å². The number of benzene rings is 1. The minimum absolute atomic E-state index is 0.412. The topological polar surface area (TPSA) is 106 Å². The van der Waals surface area contributed by atoms with Crippen molar-refractivity contribution in [1.29, 1.82) is 10.7 Å². The Hall–Kier alpha value is -2.57. The first kappa shape index (κ1) is 22.5. The molecule has 1 rings (SSSR count). The van der Waals surface area contributed by atoms with Crippen molar-refractivity contribution in [3.8, 4) is 6.07 Å². The molecule has 27 heavy (non-hydrogen) atoms. The summed E-state index contributed by atoms with van der Waals surface area (Å²) < 4.78 is 6.80. The van der Waals surface area contributed by atoms with Crippen LogP contribution in [-0.2, 0) is 4.74 Å². The summed E-state index contributed by atoms with van der Waals surface area (Å²) in [5.74, 6) is 0. The number of nitrogens with one attached hydrogen (secondary N) is 2. The molecule has 146 valence electrons. The molecule has 0 bridgehead atoms. The van der Waals surface area contributed by atoms with Crippen molar-refractivity contribution in [1.82, 2.24) is 9.62 Å². The summed E-state index contributed by atoms with van der Waals surface area (Å²) in [6, 6.07) is 6.52. The van der Waals surface area contributed by atoms with E-state index >= 15 is 0 Å². The molecular formula is C18H26N5O3S+. The van der Waals surface area contributed by atoms with Gasteiger partial charge in [0.25, 0.3) is 0 Å². The van der Waals surface area contributed by atoms with Crippen LogP contribution in [0.3, 0.4) is 0 Å². The third-order valence-electron chi connectivity index (χ3n) is 4.18. The molecule has 1 atom stereocenters. The Labute approximate surface area is 164 Å². The fourth-order valence-corrected chi connectivity index (χ4v) is 3.21. The Morgan fingerprint density at radius 1 is 1.30 bits per heavy atom. The molecule has 0 heterocycles. The molecule has 1 unspecified atom stereocenters. The van der Waals surface area contributed by atoms with Crippen LogP contribution in [0.2, 0.25) is 0 Å². The number of amides is 4. The van der Waals surface area contributed by atoms with E-state index in [1.54, 1.807) is 38.1 Å². The van der Waals surface area contributed by atoms with Crippen molar-refractivity contribution in [2.75, 3.05) is 20.2 Å². The molecule has 0 spiro atoms. The fraction of sp³-hybridized carbons (Fsp3) is 0.444. The van der Waals surface area contributed by atoms with Crippen LogP contribution in [0, 0.1) is 16.7 Å². The molecule has 2 N–H and O–H groups in total. The number of carbonyl (C=O) groups excluding carboxylic acids is 2. The Bertz CT molecular complexity index is 726. The van der Waals surface area contributed by atoms with Crippen LogP contribution in [0.5, 0.6) is 0 Å². The second-order valence-corrected chi connectivity index (χ2v) is 6.81. The first-order chi connectivity index (χ1) is 12.8. The molecule has 0 saturated carbocycles.